The lowest BCUT2D eigenvalue weighted by Crippen LogP contribution is -2.32. The van der Waals surface area contributed by atoms with Gasteiger partial charge in [-0.25, -0.2) is 4.39 Å². The van der Waals surface area contributed by atoms with Crippen LogP contribution in [0.2, 0.25) is 0 Å². The molecule has 1 amide bonds. The normalized spacial score (nSPS) is 9.69. The molecule has 0 bridgehead atoms. The Kier molecular flexibility index (Phi) is 3.99. The summed E-state index contributed by atoms with van der Waals surface area (Å²) in [6.07, 6.45) is 0. The fourth-order valence-electron chi connectivity index (χ4n) is 1.17. The Bertz CT molecular complexity index is 406. The van der Waals surface area contributed by atoms with E-state index < -0.39 is 17.7 Å². The van der Waals surface area contributed by atoms with Crippen molar-refractivity contribution >= 4 is 11.9 Å². The zero-order valence-corrected chi connectivity index (χ0v) is 9.07. The molecule has 4 nitrogen and oxygen atoms in total. The molecule has 1 aromatic carbocycles. The summed E-state index contributed by atoms with van der Waals surface area (Å²) >= 11 is 0. The first-order valence-corrected chi connectivity index (χ1v) is 4.62. The molecular weight excluding hydrogens is 213 g/mol. The van der Waals surface area contributed by atoms with Gasteiger partial charge < -0.3 is 9.64 Å². The molecule has 1 rings (SSSR count). The molecular formula is C11H12FNO3. The molecule has 0 N–H and O–H groups in total. The van der Waals surface area contributed by atoms with Crippen LogP contribution in [0.4, 0.5) is 4.39 Å². The molecule has 0 saturated carbocycles. The highest BCUT2D eigenvalue weighted by Gasteiger charge is 2.15. The molecule has 0 aromatic heterocycles. The van der Waals surface area contributed by atoms with Crippen LogP contribution >= 0.6 is 0 Å². The second kappa shape index (κ2) is 5.25. The number of hydrogen-bond acceptors (Lipinski definition) is 3. The van der Waals surface area contributed by atoms with Gasteiger partial charge in [-0.3, -0.25) is 9.59 Å². The summed E-state index contributed by atoms with van der Waals surface area (Å²) in [5, 5.41) is 0. The Hall–Kier alpha value is -1.91. The monoisotopic (exact) mass is 225 g/mol. The van der Waals surface area contributed by atoms with Crippen molar-refractivity contribution in [2.45, 2.75) is 0 Å². The fourth-order valence-corrected chi connectivity index (χ4v) is 1.17. The average Bonchev–Trinajstić information content (AvgIpc) is 2.27. The molecule has 0 aliphatic carbocycles. The van der Waals surface area contributed by atoms with Gasteiger partial charge in [0.15, 0.2) is 0 Å². The number of carbonyl (C=O) groups is 2. The van der Waals surface area contributed by atoms with E-state index in [9.17, 15) is 14.0 Å². The number of esters is 1. The maximum absolute atomic E-state index is 12.9. The molecule has 0 unspecified atom stereocenters. The van der Waals surface area contributed by atoms with E-state index in [4.69, 9.17) is 0 Å². The van der Waals surface area contributed by atoms with Crippen molar-refractivity contribution in [3.8, 4) is 0 Å². The summed E-state index contributed by atoms with van der Waals surface area (Å²) in [7, 11) is 2.69. The topological polar surface area (TPSA) is 46.6 Å². The molecule has 1 aromatic rings. The Morgan fingerprint density at radius 1 is 1.44 bits per heavy atom. The first kappa shape index (κ1) is 12.2. The lowest BCUT2D eigenvalue weighted by Gasteiger charge is -2.15. The number of hydrogen-bond donors (Lipinski definition) is 0. The molecule has 86 valence electrons. The van der Waals surface area contributed by atoms with E-state index in [1.54, 1.807) is 0 Å². The molecule has 5 heteroatoms. The number of halogens is 1. The van der Waals surface area contributed by atoms with E-state index in [-0.39, 0.29) is 12.1 Å². The zero-order valence-electron chi connectivity index (χ0n) is 9.07. The van der Waals surface area contributed by atoms with Crippen LogP contribution in [0.25, 0.3) is 0 Å². The van der Waals surface area contributed by atoms with Crippen LogP contribution in [0, 0.1) is 5.82 Å². The highest BCUT2D eigenvalue weighted by molar-refractivity contribution is 5.95. The zero-order chi connectivity index (χ0) is 12.1. The van der Waals surface area contributed by atoms with Gasteiger partial charge in [0.05, 0.1) is 7.11 Å². The number of methoxy groups -OCH3 is 1. The molecule has 0 fully saturated rings. The summed E-state index contributed by atoms with van der Waals surface area (Å²) < 4.78 is 17.3. The van der Waals surface area contributed by atoms with Gasteiger partial charge in [0.1, 0.15) is 12.4 Å². The first-order chi connectivity index (χ1) is 7.54. The van der Waals surface area contributed by atoms with Crippen LogP contribution in [0.5, 0.6) is 0 Å². The number of likely N-dealkylation sites (N-methyl/N-ethyl adjacent to an activating group) is 1. The minimum absolute atomic E-state index is 0.161. The Morgan fingerprint density at radius 2 is 2.12 bits per heavy atom. The van der Waals surface area contributed by atoms with Crippen molar-refractivity contribution in [3.63, 3.8) is 0 Å². The molecule has 0 spiro atoms. The van der Waals surface area contributed by atoms with Gasteiger partial charge in [-0.2, -0.15) is 0 Å². The SMILES string of the molecule is COC(=O)CN(C)C(=O)c1cccc(F)c1. The van der Waals surface area contributed by atoms with Crippen molar-refractivity contribution in [1.82, 2.24) is 4.90 Å². The van der Waals surface area contributed by atoms with Gasteiger partial charge in [0, 0.05) is 12.6 Å². The summed E-state index contributed by atoms with van der Waals surface area (Å²) in [6, 6.07) is 5.29. The van der Waals surface area contributed by atoms with Crippen LogP contribution in [0.3, 0.4) is 0 Å². The van der Waals surface area contributed by atoms with Crippen LogP contribution in [0.15, 0.2) is 24.3 Å². The highest BCUT2D eigenvalue weighted by Crippen LogP contribution is 2.06. The lowest BCUT2D eigenvalue weighted by atomic mass is 10.2. The number of rotatable bonds is 3. The van der Waals surface area contributed by atoms with Crippen molar-refractivity contribution in [1.29, 1.82) is 0 Å². The minimum Gasteiger partial charge on any atom is -0.468 e. The maximum Gasteiger partial charge on any atom is 0.325 e. The van der Waals surface area contributed by atoms with Crippen molar-refractivity contribution < 1.29 is 18.7 Å². The lowest BCUT2D eigenvalue weighted by molar-refractivity contribution is -0.141. The summed E-state index contributed by atoms with van der Waals surface area (Å²) in [5.74, 6) is -1.44. The van der Waals surface area contributed by atoms with Gasteiger partial charge in [-0.1, -0.05) is 6.07 Å². The number of carbonyl (C=O) groups excluding carboxylic acids is 2. The third-order valence-corrected chi connectivity index (χ3v) is 2.01. The third kappa shape index (κ3) is 3.05. The first-order valence-electron chi connectivity index (χ1n) is 4.62. The second-order valence-electron chi connectivity index (χ2n) is 3.25. The molecule has 0 heterocycles. The predicted molar refractivity (Wildman–Crippen MR) is 55.4 cm³/mol. The van der Waals surface area contributed by atoms with Crippen molar-refractivity contribution in [3.05, 3.63) is 35.6 Å². The largest absolute Gasteiger partial charge is 0.468 e. The molecule has 0 aliphatic heterocycles. The Labute approximate surface area is 92.6 Å². The standard InChI is InChI=1S/C11H12FNO3/c1-13(7-10(14)16-2)11(15)8-4-3-5-9(12)6-8/h3-6H,7H2,1-2H3. The number of benzene rings is 1. The van der Waals surface area contributed by atoms with Gasteiger partial charge in [-0.05, 0) is 18.2 Å². The van der Waals surface area contributed by atoms with Crippen LogP contribution in [-0.4, -0.2) is 37.5 Å². The summed E-state index contributed by atoms with van der Waals surface area (Å²) in [6.45, 7) is -0.161. The van der Waals surface area contributed by atoms with E-state index >= 15 is 0 Å². The van der Waals surface area contributed by atoms with Crippen LogP contribution in [0.1, 0.15) is 10.4 Å². The predicted octanol–water partition coefficient (Wildman–Crippen LogP) is 1.07. The van der Waals surface area contributed by atoms with E-state index in [0.717, 1.165) is 6.07 Å². The number of ether oxygens (including phenoxy) is 1. The summed E-state index contributed by atoms with van der Waals surface area (Å²) in [4.78, 5) is 23.8. The van der Waals surface area contributed by atoms with Gasteiger partial charge in [0.2, 0.25) is 0 Å². The van der Waals surface area contributed by atoms with E-state index in [1.165, 1.54) is 37.3 Å². The van der Waals surface area contributed by atoms with Crippen LogP contribution < -0.4 is 0 Å². The van der Waals surface area contributed by atoms with Crippen molar-refractivity contribution in [2.24, 2.45) is 0 Å². The smallest absolute Gasteiger partial charge is 0.325 e. The highest BCUT2D eigenvalue weighted by atomic mass is 19.1. The van der Waals surface area contributed by atoms with Gasteiger partial charge in [0.25, 0.3) is 5.91 Å². The van der Waals surface area contributed by atoms with E-state index in [0.29, 0.717) is 0 Å². The van der Waals surface area contributed by atoms with Gasteiger partial charge in [-0.15, -0.1) is 0 Å². The molecule has 0 saturated heterocycles. The molecule has 16 heavy (non-hydrogen) atoms. The second-order valence-corrected chi connectivity index (χ2v) is 3.25. The fraction of sp³-hybridized carbons (Fsp3) is 0.273. The Balaban J connectivity index is 2.74. The van der Waals surface area contributed by atoms with Crippen molar-refractivity contribution in [2.75, 3.05) is 20.7 Å². The van der Waals surface area contributed by atoms with Gasteiger partial charge >= 0.3 is 5.97 Å². The minimum atomic E-state index is -0.521. The van der Waals surface area contributed by atoms with E-state index in [1.807, 2.05) is 0 Å². The summed E-state index contributed by atoms with van der Waals surface area (Å²) in [5.41, 5.74) is 0.200. The maximum atomic E-state index is 12.9. The number of nitrogens with zero attached hydrogens (tertiary/aromatic N) is 1. The molecule has 0 aliphatic rings. The van der Waals surface area contributed by atoms with Crippen LogP contribution in [-0.2, 0) is 9.53 Å². The number of amides is 1. The Morgan fingerprint density at radius 3 is 2.69 bits per heavy atom. The molecule has 0 atom stereocenters. The quantitative estimate of drug-likeness (QED) is 0.723. The van der Waals surface area contributed by atoms with E-state index in [2.05, 4.69) is 4.74 Å². The average molecular weight is 225 g/mol. The third-order valence-electron chi connectivity index (χ3n) is 2.01. The molecule has 0 radical (unpaired) electrons.